The molecule has 1 aromatic heterocycles. The smallest absolute Gasteiger partial charge is 0.244 e. The Hall–Kier alpha value is -0.960. The molecule has 0 aliphatic carbocycles. The highest BCUT2D eigenvalue weighted by molar-refractivity contribution is 7.89. The Bertz CT molecular complexity index is 457. The van der Waals surface area contributed by atoms with E-state index < -0.39 is 10.0 Å². The molecule has 18 heavy (non-hydrogen) atoms. The molecule has 104 valence electrons. The zero-order valence-corrected chi connectivity index (χ0v) is 11.5. The maximum Gasteiger partial charge on any atom is 0.244 e. The number of nitrogens with zero attached hydrogens (tertiary/aromatic N) is 2. The van der Waals surface area contributed by atoms with Crippen molar-refractivity contribution in [2.45, 2.75) is 30.8 Å². The van der Waals surface area contributed by atoms with E-state index in [4.69, 9.17) is 10.5 Å². The highest BCUT2D eigenvalue weighted by Crippen LogP contribution is 2.08. The van der Waals surface area contributed by atoms with Gasteiger partial charge >= 0.3 is 0 Å². The second-order valence-electron chi connectivity index (χ2n) is 3.91. The number of sulfonamides is 1. The van der Waals surface area contributed by atoms with Gasteiger partial charge in [0.2, 0.25) is 10.0 Å². The van der Waals surface area contributed by atoms with E-state index in [0.717, 1.165) is 0 Å². The van der Waals surface area contributed by atoms with Crippen molar-refractivity contribution in [2.75, 3.05) is 20.3 Å². The molecule has 0 fully saturated rings. The third kappa shape index (κ3) is 4.05. The lowest BCUT2D eigenvalue weighted by molar-refractivity contribution is 0.173. The molecule has 0 aromatic carbocycles. The fraction of sp³-hybridized carbons (Fsp3) is 0.700. The van der Waals surface area contributed by atoms with Crippen LogP contribution in [0.5, 0.6) is 0 Å². The standard InChI is InChI=1S/C10H20N4O3S/c1-3-9(8-17-2)13-18(15,16)10-6-12-14(7-10)5-4-11/h6-7,9,13H,3-5,8,11H2,1-2H3. The maximum absolute atomic E-state index is 12.0. The summed E-state index contributed by atoms with van der Waals surface area (Å²) >= 11 is 0. The molecule has 0 amide bonds. The van der Waals surface area contributed by atoms with Gasteiger partial charge in [-0.1, -0.05) is 6.92 Å². The van der Waals surface area contributed by atoms with Crippen molar-refractivity contribution in [3.8, 4) is 0 Å². The quantitative estimate of drug-likeness (QED) is 0.669. The number of hydrogen-bond donors (Lipinski definition) is 2. The molecule has 1 unspecified atom stereocenters. The average Bonchev–Trinajstić information content (AvgIpc) is 2.78. The highest BCUT2D eigenvalue weighted by atomic mass is 32.2. The molecule has 1 atom stereocenters. The first kappa shape index (κ1) is 15.1. The van der Waals surface area contributed by atoms with Crippen LogP contribution in [0.2, 0.25) is 0 Å². The van der Waals surface area contributed by atoms with Crippen LogP contribution in [0.3, 0.4) is 0 Å². The Morgan fingerprint density at radius 3 is 2.89 bits per heavy atom. The number of nitrogens with one attached hydrogen (secondary N) is 1. The predicted octanol–water partition coefficient (Wildman–Crippen LogP) is -0.455. The van der Waals surface area contributed by atoms with Gasteiger partial charge < -0.3 is 10.5 Å². The molecule has 0 aliphatic rings. The lowest BCUT2D eigenvalue weighted by atomic mass is 10.3. The number of aromatic nitrogens is 2. The minimum atomic E-state index is -3.55. The predicted molar refractivity (Wildman–Crippen MR) is 67.6 cm³/mol. The molecule has 1 rings (SSSR count). The topological polar surface area (TPSA) is 99.2 Å². The summed E-state index contributed by atoms with van der Waals surface area (Å²) in [5.41, 5.74) is 5.38. The van der Waals surface area contributed by atoms with Crippen LogP contribution in [0.1, 0.15) is 13.3 Å². The van der Waals surface area contributed by atoms with Crippen LogP contribution in [-0.2, 0) is 21.3 Å². The molecule has 1 aromatic rings. The van der Waals surface area contributed by atoms with Crippen molar-refractivity contribution in [3.63, 3.8) is 0 Å². The summed E-state index contributed by atoms with van der Waals surface area (Å²) in [7, 11) is -2.01. The number of rotatable bonds is 8. The summed E-state index contributed by atoms with van der Waals surface area (Å²) in [4.78, 5) is 0.144. The lowest BCUT2D eigenvalue weighted by Crippen LogP contribution is -2.37. The number of ether oxygens (including phenoxy) is 1. The van der Waals surface area contributed by atoms with Gasteiger partial charge in [0.15, 0.2) is 0 Å². The Morgan fingerprint density at radius 1 is 1.61 bits per heavy atom. The van der Waals surface area contributed by atoms with Gasteiger partial charge in [-0.05, 0) is 6.42 Å². The van der Waals surface area contributed by atoms with E-state index in [0.29, 0.717) is 26.1 Å². The van der Waals surface area contributed by atoms with Crippen LogP contribution >= 0.6 is 0 Å². The first-order valence-corrected chi connectivity index (χ1v) is 7.25. The van der Waals surface area contributed by atoms with Crippen molar-refractivity contribution in [2.24, 2.45) is 5.73 Å². The SMILES string of the molecule is CCC(COC)NS(=O)(=O)c1cnn(CCN)c1. The molecule has 0 saturated heterocycles. The van der Waals surface area contributed by atoms with Gasteiger partial charge in [-0.15, -0.1) is 0 Å². The molecule has 0 saturated carbocycles. The third-order valence-electron chi connectivity index (χ3n) is 2.46. The van der Waals surface area contributed by atoms with Crippen LogP contribution in [0.25, 0.3) is 0 Å². The van der Waals surface area contributed by atoms with Gasteiger partial charge in [0, 0.05) is 25.9 Å². The molecular formula is C10H20N4O3S. The van der Waals surface area contributed by atoms with E-state index in [1.807, 2.05) is 6.92 Å². The second-order valence-corrected chi connectivity index (χ2v) is 5.62. The summed E-state index contributed by atoms with van der Waals surface area (Å²) in [5, 5.41) is 3.94. The van der Waals surface area contributed by atoms with Crippen molar-refractivity contribution < 1.29 is 13.2 Å². The van der Waals surface area contributed by atoms with Crippen LogP contribution in [0.4, 0.5) is 0 Å². The minimum absolute atomic E-state index is 0.144. The fourth-order valence-electron chi connectivity index (χ4n) is 1.46. The molecular weight excluding hydrogens is 256 g/mol. The molecule has 7 nitrogen and oxygen atoms in total. The van der Waals surface area contributed by atoms with Crippen LogP contribution in [0.15, 0.2) is 17.3 Å². The highest BCUT2D eigenvalue weighted by Gasteiger charge is 2.20. The lowest BCUT2D eigenvalue weighted by Gasteiger charge is -2.15. The van der Waals surface area contributed by atoms with Crippen LogP contribution < -0.4 is 10.5 Å². The van der Waals surface area contributed by atoms with Crippen molar-refractivity contribution in [3.05, 3.63) is 12.4 Å². The Morgan fingerprint density at radius 2 is 2.33 bits per heavy atom. The number of hydrogen-bond acceptors (Lipinski definition) is 5. The Kier molecular flexibility index (Phi) is 5.73. The molecule has 0 spiro atoms. The van der Waals surface area contributed by atoms with Crippen LogP contribution in [-0.4, -0.2) is 44.5 Å². The normalized spacial score (nSPS) is 13.7. The zero-order chi connectivity index (χ0) is 13.6. The monoisotopic (exact) mass is 276 g/mol. The van der Waals surface area contributed by atoms with E-state index in [9.17, 15) is 8.42 Å². The van der Waals surface area contributed by atoms with Crippen molar-refractivity contribution in [1.82, 2.24) is 14.5 Å². The summed E-state index contributed by atoms with van der Waals surface area (Å²) < 4.78 is 33.1. The summed E-state index contributed by atoms with van der Waals surface area (Å²) in [6, 6.07) is -0.238. The molecule has 1 heterocycles. The molecule has 0 aliphatic heterocycles. The Labute approximate surface area is 107 Å². The van der Waals surface area contributed by atoms with Crippen LogP contribution in [0, 0.1) is 0 Å². The summed E-state index contributed by atoms with van der Waals surface area (Å²) in [6.07, 6.45) is 3.44. The van der Waals surface area contributed by atoms with E-state index >= 15 is 0 Å². The summed E-state index contributed by atoms with van der Waals surface area (Å²) in [5.74, 6) is 0. The van der Waals surface area contributed by atoms with Gasteiger partial charge in [-0.3, -0.25) is 4.68 Å². The first-order chi connectivity index (χ1) is 8.53. The van der Waals surface area contributed by atoms with Gasteiger partial charge in [0.25, 0.3) is 0 Å². The molecule has 0 bridgehead atoms. The Balaban J connectivity index is 2.78. The molecule has 3 N–H and O–H groups in total. The van der Waals surface area contributed by atoms with E-state index in [-0.39, 0.29) is 10.9 Å². The molecule has 8 heteroatoms. The van der Waals surface area contributed by atoms with E-state index in [1.165, 1.54) is 24.2 Å². The number of methoxy groups -OCH3 is 1. The van der Waals surface area contributed by atoms with Crippen molar-refractivity contribution in [1.29, 1.82) is 0 Å². The van der Waals surface area contributed by atoms with Gasteiger partial charge in [-0.2, -0.15) is 5.10 Å². The van der Waals surface area contributed by atoms with E-state index in [1.54, 1.807) is 0 Å². The van der Waals surface area contributed by atoms with Gasteiger partial charge in [-0.25, -0.2) is 13.1 Å². The van der Waals surface area contributed by atoms with Gasteiger partial charge in [0.05, 0.1) is 19.3 Å². The third-order valence-corrected chi connectivity index (χ3v) is 3.94. The number of nitrogens with two attached hydrogens (primary N) is 1. The maximum atomic E-state index is 12.0. The average molecular weight is 276 g/mol. The first-order valence-electron chi connectivity index (χ1n) is 5.77. The zero-order valence-electron chi connectivity index (χ0n) is 10.7. The largest absolute Gasteiger partial charge is 0.383 e. The second kappa shape index (κ2) is 6.83. The van der Waals surface area contributed by atoms with Crippen molar-refractivity contribution >= 4 is 10.0 Å². The minimum Gasteiger partial charge on any atom is -0.383 e. The summed E-state index contributed by atoms with van der Waals surface area (Å²) in [6.45, 7) is 3.14. The van der Waals surface area contributed by atoms with Gasteiger partial charge in [0.1, 0.15) is 4.90 Å². The molecule has 0 radical (unpaired) electrons. The fourth-order valence-corrected chi connectivity index (χ4v) is 2.72. The van der Waals surface area contributed by atoms with E-state index in [2.05, 4.69) is 9.82 Å².